The zero-order valence-electron chi connectivity index (χ0n) is 8.60. The second kappa shape index (κ2) is 4.76. The summed E-state index contributed by atoms with van der Waals surface area (Å²) in [5.41, 5.74) is 10.8. The topological polar surface area (TPSA) is 74.8 Å². The Morgan fingerprint density at radius 1 is 1.50 bits per heavy atom. The summed E-state index contributed by atoms with van der Waals surface area (Å²) in [5, 5.41) is 12.5. The van der Waals surface area contributed by atoms with Crippen LogP contribution in [0.1, 0.15) is 11.3 Å². The molecule has 1 heterocycles. The lowest BCUT2D eigenvalue weighted by Gasteiger charge is -2.08. The first-order chi connectivity index (χ1) is 7.79. The van der Waals surface area contributed by atoms with Gasteiger partial charge < -0.3 is 16.5 Å². The predicted octanol–water partition coefficient (Wildman–Crippen LogP) is 2.34. The van der Waals surface area contributed by atoms with Crippen molar-refractivity contribution >= 4 is 28.9 Å². The van der Waals surface area contributed by atoms with Gasteiger partial charge in [-0.1, -0.05) is 0 Å². The SMILES string of the molecule is N=Cc1cc(N)ccc1NCc1cscn1. The number of thiazole rings is 1. The third-order valence-corrected chi connectivity index (χ3v) is 2.81. The highest BCUT2D eigenvalue weighted by Gasteiger charge is 2.01. The highest BCUT2D eigenvalue weighted by molar-refractivity contribution is 7.07. The Morgan fingerprint density at radius 3 is 3.06 bits per heavy atom. The summed E-state index contributed by atoms with van der Waals surface area (Å²) in [6, 6.07) is 5.47. The molecule has 1 aromatic carbocycles. The third kappa shape index (κ3) is 2.38. The molecule has 82 valence electrons. The van der Waals surface area contributed by atoms with Gasteiger partial charge in [-0.25, -0.2) is 4.98 Å². The Kier molecular flexibility index (Phi) is 3.16. The van der Waals surface area contributed by atoms with Gasteiger partial charge in [0, 0.05) is 28.5 Å². The van der Waals surface area contributed by atoms with Crippen LogP contribution in [0.4, 0.5) is 11.4 Å². The molecule has 2 rings (SSSR count). The molecule has 1 aromatic heterocycles. The van der Waals surface area contributed by atoms with Gasteiger partial charge in [-0.3, -0.25) is 0 Å². The van der Waals surface area contributed by atoms with Gasteiger partial charge in [-0.15, -0.1) is 11.3 Å². The molecule has 0 bridgehead atoms. The van der Waals surface area contributed by atoms with Gasteiger partial charge in [0.25, 0.3) is 0 Å². The Bertz CT molecular complexity index is 479. The van der Waals surface area contributed by atoms with Crippen LogP contribution >= 0.6 is 11.3 Å². The van der Waals surface area contributed by atoms with E-state index in [1.807, 2.05) is 17.5 Å². The molecule has 4 nitrogen and oxygen atoms in total. The fraction of sp³-hybridized carbons (Fsp3) is 0.0909. The number of benzene rings is 1. The Labute approximate surface area is 97.7 Å². The molecular weight excluding hydrogens is 220 g/mol. The van der Waals surface area contributed by atoms with E-state index in [0.717, 1.165) is 16.9 Å². The number of nitrogen functional groups attached to an aromatic ring is 1. The molecule has 4 N–H and O–H groups in total. The van der Waals surface area contributed by atoms with E-state index in [1.54, 1.807) is 22.9 Å². The van der Waals surface area contributed by atoms with E-state index in [2.05, 4.69) is 10.3 Å². The smallest absolute Gasteiger partial charge is 0.0795 e. The largest absolute Gasteiger partial charge is 0.399 e. The second-order valence-electron chi connectivity index (χ2n) is 3.32. The molecule has 0 atom stereocenters. The standard InChI is InChI=1S/C11H12N4S/c12-4-8-3-9(13)1-2-11(8)14-5-10-6-16-7-15-10/h1-4,6-7,12,14H,5,13H2. The predicted molar refractivity (Wildman–Crippen MR) is 68.2 cm³/mol. The monoisotopic (exact) mass is 232 g/mol. The normalized spacial score (nSPS) is 10.0. The first-order valence-corrected chi connectivity index (χ1v) is 5.75. The van der Waals surface area contributed by atoms with Crippen LogP contribution in [0.5, 0.6) is 0 Å². The molecule has 0 aliphatic heterocycles. The van der Waals surface area contributed by atoms with E-state index in [-0.39, 0.29) is 0 Å². The van der Waals surface area contributed by atoms with Gasteiger partial charge in [0.05, 0.1) is 17.7 Å². The average Bonchev–Trinajstić information content (AvgIpc) is 2.80. The van der Waals surface area contributed by atoms with Crippen molar-refractivity contribution in [3.8, 4) is 0 Å². The quantitative estimate of drug-likeness (QED) is 0.559. The number of anilines is 2. The molecule has 16 heavy (non-hydrogen) atoms. The lowest BCUT2D eigenvalue weighted by atomic mass is 10.1. The first-order valence-electron chi connectivity index (χ1n) is 4.80. The molecule has 2 aromatic rings. The van der Waals surface area contributed by atoms with Gasteiger partial charge in [-0.2, -0.15) is 0 Å². The summed E-state index contributed by atoms with van der Waals surface area (Å²) in [5.74, 6) is 0. The number of nitrogens with one attached hydrogen (secondary N) is 2. The second-order valence-corrected chi connectivity index (χ2v) is 4.04. The van der Waals surface area contributed by atoms with Gasteiger partial charge in [-0.05, 0) is 18.2 Å². The fourth-order valence-corrected chi connectivity index (χ4v) is 1.93. The van der Waals surface area contributed by atoms with Crippen molar-refractivity contribution in [2.45, 2.75) is 6.54 Å². The van der Waals surface area contributed by atoms with Crippen molar-refractivity contribution in [3.05, 3.63) is 40.3 Å². The van der Waals surface area contributed by atoms with Crippen LogP contribution in [-0.2, 0) is 6.54 Å². The molecule has 0 saturated carbocycles. The lowest BCUT2D eigenvalue weighted by Crippen LogP contribution is -2.02. The fourth-order valence-electron chi connectivity index (χ4n) is 1.37. The molecule has 5 heteroatoms. The summed E-state index contributed by atoms with van der Waals surface area (Å²) in [7, 11) is 0. The number of nitrogens with zero attached hydrogens (tertiary/aromatic N) is 1. The minimum Gasteiger partial charge on any atom is -0.399 e. The number of aromatic nitrogens is 1. The number of hydrogen-bond acceptors (Lipinski definition) is 5. The number of nitrogens with two attached hydrogens (primary N) is 1. The van der Waals surface area contributed by atoms with E-state index < -0.39 is 0 Å². The molecule has 0 aliphatic rings. The van der Waals surface area contributed by atoms with E-state index in [4.69, 9.17) is 11.1 Å². The van der Waals surface area contributed by atoms with E-state index in [9.17, 15) is 0 Å². The molecule has 0 unspecified atom stereocenters. The summed E-state index contributed by atoms with van der Waals surface area (Å²) >= 11 is 1.57. The summed E-state index contributed by atoms with van der Waals surface area (Å²) < 4.78 is 0. The van der Waals surface area contributed by atoms with Gasteiger partial charge in [0.2, 0.25) is 0 Å². The molecule has 0 spiro atoms. The van der Waals surface area contributed by atoms with E-state index in [1.165, 1.54) is 6.21 Å². The molecule has 0 radical (unpaired) electrons. The Morgan fingerprint density at radius 2 is 2.38 bits per heavy atom. The van der Waals surface area contributed by atoms with E-state index >= 15 is 0 Å². The molecule has 0 fully saturated rings. The van der Waals surface area contributed by atoms with Crippen molar-refractivity contribution in [1.82, 2.24) is 4.98 Å². The molecular formula is C11H12N4S. The molecule has 0 aliphatic carbocycles. The van der Waals surface area contributed by atoms with Crippen molar-refractivity contribution in [3.63, 3.8) is 0 Å². The molecule has 0 saturated heterocycles. The van der Waals surface area contributed by atoms with Gasteiger partial charge >= 0.3 is 0 Å². The van der Waals surface area contributed by atoms with Crippen LogP contribution in [0.25, 0.3) is 0 Å². The lowest BCUT2D eigenvalue weighted by molar-refractivity contribution is 1.07. The maximum Gasteiger partial charge on any atom is 0.0795 e. The zero-order chi connectivity index (χ0) is 11.4. The van der Waals surface area contributed by atoms with Crippen molar-refractivity contribution in [1.29, 1.82) is 5.41 Å². The maximum absolute atomic E-state index is 7.30. The van der Waals surface area contributed by atoms with Crippen LogP contribution in [0.15, 0.2) is 29.1 Å². The van der Waals surface area contributed by atoms with Crippen molar-refractivity contribution in [2.24, 2.45) is 0 Å². The summed E-state index contributed by atoms with van der Waals surface area (Å²) in [4.78, 5) is 4.18. The van der Waals surface area contributed by atoms with Crippen molar-refractivity contribution in [2.75, 3.05) is 11.1 Å². The van der Waals surface area contributed by atoms with Crippen LogP contribution in [0.2, 0.25) is 0 Å². The van der Waals surface area contributed by atoms with Crippen LogP contribution in [0.3, 0.4) is 0 Å². The van der Waals surface area contributed by atoms with Crippen LogP contribution < -0.4 is 11.1 Å². The van der Waals surface area contributed by atoms with Crippen molar-refractivity contribution < 1.29 is 0 Å². The van der Waals surface area contributed by atoms with Gasteiger partial charge in [0.15, 0.2) is 0 Å². The number of hydrogen-bond donors (Lipinski definition) is 3. The average molecular weight is 232 g/mol. The van der Waals surface area contributed by atoms with E-state index in [0.29, 0.717) is 12.2 Å². The first kappa shape index (κ1) is 10.6. The molecule has 0 amide bonds. The summed E-state index contributed by atoms with van der Waals surface area (Å²) in [6.45, 7) is 0.661. The Hall–Kier alpha value is -1.88. The number of rotatable bonds is 4. The van der Waals surface area contributed by atoms with Crippen LogP contribution in [0, 0.1) is 5.41 Å². The maximum atomic E-state index is 7.30. The highest BCUT2D eigenvalue weighted by atomic mass is 32.1. The highest BCUT2D eigenvalue weighted by Crippen LogP contribution is 2.17. The third-order valence-electron chi connectivity index (χ3n) is 2.17. The zero-order valence-corrected chi connectivity index (χ0v) is 9.42. The van der Waals surface area contributed by atoms with Gasteiger partial charge in [0.1, 0.15) is 0 Å². The summed E-state index contributed by atoms with van der Waals surface area (Å²) in [6.07, 6.45) is 1.29. The Balaban J connectivity index is 2.12. The van der Waals surface area contributed by atoms with Crippen LogP contribution in [-0.4, -0.2) is 11.2 Å². The minimum absolute atomic E-state index is 0.661. The minimum atomic E-state index is 0.661.